The maximum atomic E-state index is 13.1. The van der Waals surface area contributed by atoms with E-state index in [9.17, 15) is 14.0 Å². The number of fused-ring (bicyclic) bond motifs is 1. The average molecular weight is 445 g/mol. The van der Waals surface area contributed by atoms with Crippen LogP contribution in [0.5, 0.6) is 0 Å². The zero-order valence-electron chi connectivity index (χ0n) is 18.3. The van der Waals surface area contributed by atoms with Gasteiger partial charge in [-0.2, -0.15) is 0 Å². The summed E-state index contributed by atoms with van der Waals surface area (Å²) in [6.07, 6.45) is 1.28. The monoisotopic (exact) mass is 444 g/mol. The van der Waals surface area contributed by atoms with Crippen LogP contribution in [-0.4, -0.2) is 27.9 Å². The van der Waals surface area contributed by atoms with E-state index < -0.39 is 0 Å². The van der Waals surface area contributed by atoms with Gasteiger partial charge in [0.05, 0.1) is 11.0 Å². The lowest BCUT2D eigenvalue weighted by Crippen LogP contribution is -2.25. The van der Waals surface area contributed by atoms with Crippen molar-refractivity contribution in [2.75, 3.05) is 11.9 Å². The SMILES string of the molecule is Cc1ccc(C(=O)NCCCc2nc3ccccc3n2CC(=O)Nc2ccc(F)cc2)cc1. The van der Waals surface area contributed by atoms with Crippen molar-refractivity contribution in [1.29, 1.82) is 0 Å². The molecule has 1 heterocycles. The summed E-state index contributed by atoms with van der Waals surface area (Å²) in [6.45, 7) is 2.56. The molecule has 0 radical (unpaired) electrons. The second-order valence-corrected chi connectivity index (χ2v) is 7.88. The van der Waals surface area contributed by atoms with Crippen molar-refractivity contribution in [1.82, 2.24) is 14.9 Å². The Balaban J connectivity index is 1.40. The number of anilines is 1. The first-order valence-electron chi connectivity index (χ1n) is 10.8. The molecule has 0 spiro atoms. The van der Waals surface area contributed by atoms with E-state index in [1.165, 1.54) is 24.3 Å². The fraction of sp³-hybridized carbons (Fsp3) is 0.192. The molecule has 0 atom stereocenters. The zero-order chi connectivity index (χ0) is 23.2. The Bertz CT molecular complexity index is 1260. The predicted octanol–water partition coefficient (Wildman–Crippen LogP) is 4.49. The summed E-state index contributed by atoms with van der Waals surface area (Å²) < 4.78 is 15.0. The largest absolute Gasteiger partial charge is 0.352 e. The molecule has 0 bridgehead atoms. The van der Waals surface area contributed by atoms with Gasteiger partial charge in [0.25, 0.3) is 5.91 Å². The highest BCUT2D eigenvalue weighted by molar-refractivity contribution is 5.94. The van der Waals surface area contributed by atoms with Crippen molar-refractivity contribution >= 4 is 28.5 Å². The van der Waals surface area contributed by atoms with E-state index in [1.807, 2.05) is 60.0 Å². The molecule has 0 saturated carbocycles. The van der Waals surface area contributed by atoms with E-state index in [0.717, 1.165) is 22.4 Å². The van der Waals surface area contributed by atoms with E-state index in [2.05, 4.69) is 15.6 Å². The molecule has 2 amide bonds. The highest BCUT2D eigenvalue weighted by Gasteiger charge is 2.14. The Morgan fingerprint density at radius 3 is 2.45 bits per heavy atom. The van der Waals surface area contributed by atoms with Crippen LogP contribution in [0.4, 0.5) is 10.1 Å². The van der Waals surface area contributed by atoms with Crippen LogP contribution in [0.15, 0.2) is 72.8 Å². The van der Waals surface area contributed by atoms with Gasteiger partial charge in [-0.25, -0.2) is 9.37 Å². The van der Waals surface area contributed by atoms with Crippen molar-refractivity contribution in [3.8, 4) is 0 Å². The topological polar surface area (TPSA) is 76.0 Å². The number of benzene rings is 3. The van der Waals surface area contributed by atoms with Gasteiger partial charge >= 0.3 is 0 Å². The number of halogens is 1. The average Bonchev–Trinajstić information content (AvgIpc) is 3.15. The van der Waals surface area contributed by atoms with Crippen molar-refractivity contribution in [3.63, 3.8) is 0 Å². The Labute approximate surface area is 191 Å². The first-order valence-corrected chi connectivity index (χ1v) is 10.8. The molecular formula is C26H25FN4O2. The Morgan fingerprint density at radius 1 is 0.970 bits per heavy atom. The summed E-state index contributed by atoms with van der Waals surface area (Å²) in [5.74, 6) is 0.0845. The van der Waals surface area contributed by atoms with Crippen LogP contribution in [0.2, 0.25) is 0 Å². The Hall–Kier alpha value is -4.00. The molecule has 3 aromatic carbocycles. The fourth-order valence-corrected chi connectivity index (χ4v) is 3.63. The first kappa shape index (κ1) is 22.2. The number of nitrogens with zero attached hydrogens (tertiary/aromatic N) is 2. The number of aromatic nitrogens is 2. The third-order valence-electron chi connectivity index (χ3n) is 5.34. The molecule has 0 saturated heterocycles. The van der Waals surface area contributed by atoms with E-state index >= 15 is 0 Å². The van der Waals surface area contributed by atoms with Crippen LogP contribution in [-0.2, 0) is 17.8 Å². The number of aryl methyl sites for hydroxylation is 2. The van der Waals surface area contributed by atoms with Crippen molar-refractivity contribution in [2.45, 2.75) is 26.3 Å². The standard InChI is InChI=1S/C26H25FN4O2/c1-18-8-10-19(11-9-18)26(33)28-16-4-7-24-30-22-5-2-3-6-23(22)31(24)17-25(32)29-21-14-12-20(27)13-15-21/h2-3,5-6,8-15H,4,7,16-17H2,1H3,(H,28,33)(H,29,32). The van der Waals surface area contributed by atoms with Crippen LogP contribution in [0, 0.1) is 12.7 Å². The highest BCUT2D eigenvalue weighted by Crippen LogP contribution is 2.18. The Morgan fingerprint density at radius 2 is 1.70 bits per heavy atom. The molecule has 6 nitrogen and oxygen atoms in total. The molecule has 0 fully saturated rings. The summed E-state index contributed by atoms with van der Waals surface area (Å²) >= 11 is 0. The number of para-hydroxylation sites is 2. The van der Waals surface area contributed by atoms with Crippen molar-refractivity contribution in [3.05, 3.63) is 95.6 Å². The second kappa shape index (κ2) is 10.1. The molecule has 2 N–H and O–H groups in total. The summed E-state index contributed by atoms with van der Waals surface area (Å²) in [6, 6.07) is 20.7. The summed E-state index contributed by atoms with van der Waals surface area (Å²) in [5.41, 5.74) is 3.95. The fourth-order valence-electron chi connectivity index (χ4n) is 3.63. The van der Waals surface area contributed by atoms with Crippen LogP contribution < -0.4 is 10.6 Å². The summed E-state index contributed by atoms with van der Waals surface area (Å²) in [7, 11) is 0. The van der Waals surface area contributed by atoms with Gasteiger partial charge in [0.1, 0.15) is 18.2 Å². The third kappa shape index (κ3) is 5.63. The highest BCUT2D eigenvalue weighted by atomic mass is 19.1. The molecule has 4 rings (SSSR count). The number of hydrogen-bond donors (Lipinski definition) is 2. The van der Waals surface area contributed by atoms with Gasteiger partial charge in [0, 0.05) is 24.2 Å². The number of imidazole rings is 1. The van der Waals surface area contributed by atoms with Crippen LogP contribution in [0.3, 0.4) is 0 Å². The minimum atomic E-state index is -0.356. The molecular weight excluding hydrogens is 419 g/mol. The van der Waals surface area contributed by atoms with E-state index in [0.29, 0.717) is 30.6 Å². The minimum absolute atomic E-state index is 0.0863. The molecule has 33 heavy (non-hydrogen) atoms. The van der Waals surface area contributed by atoms with Crippen molar-refractivity contribution in [2.24, 2.45) is 0 Å². The number of carbonyl (C=O) groups excluding carboxylic acids is 2. The molecule has 4 aromatic rings. The normalized spacial score (nSPS) is 10.8. The molecule has 1 aromatic heterocycles. The van der Waals surface area contributed by atoms with Crippen LogP contribution >= 0.6 is 0 Å². The lowest BCUT2D eigenvalue weighted by molar-refractivity contribution is -0.116. The molecule has 0 aliphatic carbocycles. The molecule has 0 aliphatic rings. The smallest absolute Gasteiger partial charge is 0.251 e. The van der Waals surface area contributed by atoms with Gasteiger partial charge in [-0.05, 0) is 61.9 Å². The summed E-state index contributed by atoms with van der Waals surface area (Å²) in [4.78, 5) is 29.6. The maximum absolute atomic E-state index is 13.1. The number of carbonyl (C=O) groups is 2. The van der Waals surface area contributed by atoms with Gasteiger partial charge in [-0.15, -0.1) is 0 Å². The number of nitrogens with one attached hydrogen (secondary N) is 2. The number of rotatable bonds is 8. The lowest BCUT2D eigenvalue weighted by Gasteiger charge is -2.11. The van der Waals surface area contributed by atoms with E-state index in [1.54, 1.807) is 0 Å². The van der Waals surface area contributed by atoms with Crippen molar-refractivity contribution < 1.29 is 14.0 Å². The predicted molar refractivity (Wildman–Crippen MR) is 127 cm³/mol. The second-order valence-electron chi connectivity index (χ2n) is 7.88. The quantitative estimate of drug-likeness (QED) is 0.393. The molecule has 168 valence electrons. The van der Waals surface area contributed by atoms with E-state index in [-0.39, 0.29) is 24.2 Å². The number of amides is 2. The van der Waals surface area contributed by atoms with Gasteiger partial charge in [-0.1, -0.05) is 29.8 Å². The first-order chi connectivity index (χ1) is 16.0. The van der Waals surface area contributed by atoms with Gasteiger partial charge in [0.2, 0.25) is 5.91 Å². The lowest BCUT2D eigenvalue weighted by atomic mass is 10.1. The minimum Gasteiger partial charge on any atom is -0.352 e. The summed E-state index contributed by atoms with van der Waals surface area (Å²) in [5, 5.41) is 5.73. The van der Waals surface area contributed by atoms with Crippen LogP contribution in [0.1, 0.15) is 28.2 Å². The molecule has 0 aliphatic heterocycles. The third-order valence-corrected chi connectivity index (χ3v) is 5.34. The van der Waals surface area contributed by atoms with Gasteiger partial charge in [0.15, 0.2) is 0 Å². The molecule has 0 unspecified atom stereocenters. The molecule has 7 heteroatoms. The zero-order valence-corrected chi connectivity index (χ0v) is 18.3. The van der Waals surface area contributed by atoms with Crippen LogP contribution in [0.25, 0.3) is 11.0 Å². The maximum Gasteiger partial charge on any atom is 0.251 e. The van der Waals surface area contributed by atoms with E-state index in [4.69, 9.17) is 0 Å². The Kier molecular flexibility index (Phi) is 6.78. The van der Waals surface area contributed by atoms with Gasteiger partial charge in [-0.3, -0.25) is 9.59 Å². The van der Waals surface area contributed by atoms with Gasteiger partial charge < -0.3 is 15.2 Å². The number of hydrogen-bond acceptors (Lipinski definition) is 3.